The summed E-state index contributed by atoms with van der Waals surface area (Å²) >= 11 is 4.03. The first-order valence-corrected chi connectivity index (χ1v) is 51.8. The smallest absolute Gasteiger partial charge is 0.246 e. The van der Waals surface area contributed by atoms with Crippen LogP contribution < -0.4 is 68.4 Å². The maximum Gasteiger partial charge on any atom is 0.246 e. The van der Waals surface area contributed by atoms with Crippen LogP contribution in [0.2, 0.25) is 0 Å². The van der Waals surface area contributed by atoms with Crippen LogP contribution in [0.1, 0.15) is 184 Å². The lowest BCUT2D eigenvalue weighted by Gasteiger charge is -2.32. The van der Waals surface area contributed by atoms with Gasteiger partial charge in [0.15, 0.2) is 24.0 Å². The number of fused-ring (bicyclic) bond motifs is 6. The fourth-order valence-corrected chi connectivity index (χ4v) is 20.7. The topological polar surface area (TPSA) is 418 Å². The van der Waals surface area contributed by atoms with Crippen LogP contribution in [-0.2, 0) is 93.0 Å². The number of allylic oxidation sites excluding steroid dienone is 6. The van der Waals surface area contributed by atoms with Crippen molar-refractivity contribution < 1.29 is 74.6 Å². The van der Waals surface area contributed by atoms with Crippen LogP contribution in [0.3, 0.4) is 0 Å². The number of guanidine groups is 1. The van der Waals surface area contributed by atoms with Crippen molar-refractivity contribution in [3.8, 4) is 22.5 Å². The highest BCUT2D eigenvalue weighted by molar-refractivity contribution is 7.85. The van der Waals surface area contributed by atoms with E-state index in [4.69, 9.17) is 30.8 Å². The van der Waals surface area contributed by atoms with E-state index in [1.54, 1.807) is 6.07 Å². The molecule has 6 aliphatic heterocycles. The zero-order valence-electron chi connectivity index (χ0n) is 82.1. The number of nitrogens with two attached hydrogens (primary N) is 2. The second kappa shape index (κ2) is 50.3. The zero-order chi connectivity index (χ0) is 100. The summed E-state index contributed by atoms with van der Waals surface area (Å²) in [5, 5.41) is 29.3. The number of benzene rings is 7. The highest BCUT2D eigenvalue weighted by Gasteiger charge is 2.45. The number of primary amides is 1. The molecule has 0 radical (unpaired) electrons. The monoisotopic (exact) mass is 1960 g/mol. The predicted octanol–water partition coefficient (Wildman–Crippen LogP) is 12.2. The molecule has 0 bridgehead atoms. The van der Waals surface area contributed by atoms with Gasteiger partial charge in [0.1, 0.15) is 52.5 Å². The molecule has 0 spiro atoms. The number of amides is 7. The third kappa shape index (κ3) is 28.1. The van der Waals surface area contributed by atoms with Gasteiger partial charge in [0.05, 0.1) is 42.7 Å². The summed E-state index contributed by atoms with van der Waals surface area (Å²) in [6, 6.07) is 48.2. The van der Waals surface area contributed by atoms with E-state index >= 15 is 0 Å². The van der Waals surface area contributed by atoms with E-state index in [0.29, 0.717) is 83.0 Å². The molecule has 12 N–H and O–H groups in total. The van der Waals surface area contributed by atoms with Gasteiger partial charge in [0, 0.05) is 188 Å². The molecule has 6 aromatic carbocycles. The summed E-state index contributed by atoms with van der Waals surface area (Å²) in [4.78, 5) is 126. The molecule has 0 unspecified atom stereocenters. The number of para-hydroxylation sites is 2. The van der Waals surface area contributed by atoms with Gasteiger partial charge in [-0.05, 0) is 195 Å². The van der Waals surface area contributed by atoms with Gasteiger partial charge in [-0.25, -0.2) is 8.42 Å². The average Bonchev–Trinajstić information content (AvgIpc) is 1.63. The van der Waals surface area contributed by atoms with Gasteiger partial charge in [0.25, 0.3) is 0 Å². The normalized spacial score (nSPS) is 16.2. The van der Waals surface area contributed by atoms with Crippen LogP contribution in [0.25, 0.3) is 33.4 Å². The Balaban J connectivity index is 0.542. The van der Waals surface area contributed by atoms with Crippen molar-refractivity contribution in [1.82, 2.24) is 46.7 Å². The molecule has 6 heterocycles. The number of ether oxygens (including phenoxy) is 2. The molecule has 30 nitrogen and oxygen atoms in total. The number of carbonyl (C=O) groups excluding carboxylic acids is 9. The molecule has 32 heteroatoms. The third-order valence-electron chi connectivity index (χ3n) is 27.6. The molecule has 13 rings (SSSR count). The van der Waals surface area contributed by atoms with Crippen molar-refractivity contribution in [2.75, 3.05) is 114 Å². The van der Waals surface area contributed by atoms with Gasteiger partial charge in [-0.3, -0.25) is 53.5 Å². The van der Waals surface area contributed by atoms with Crippen molar-refractivity contribution in [2.45, 2.75) is 204 Å². The molecule has 1 fully saturated rings. The van der Waals surface area contributed by atoms with Gasteiger partial charge >= 0.3 is 0 Å². The first-order valence-electron chi connectivity index (χ1n) is 49.8. The standard InChI is InChI=1S/C109H137N15O15S2/c1-7-121-93-45-38-73(2)64-87(93)108(3,4)97(121)35-12-8-13-36-98-109(5,6)88-68-83(141(134,135)136)42-46-94(88)124(98)56-24-10-14-37-99(127)113-52-23-21-32-89(106(133)115-55-61-137-62-63-138-71-101(129)118-90(72-140)103(110)130)119-105(132)77(29-25-54-116-107(111)112)65-82(126)69-117-100(128)47-41-81(125)30-11-9-22-53-114-104(131)76-48-57-120(58-49-76)70-78-28-15-18-31-84(78)102-85-43-39-79(122-59-50-74-26-16-19-33-91(74)122)66-95(85)139-96-67-80(40-44-86(96)102)123-60-51-75-27-17-20-34-92(75)123/h8,12-13,15-20,26-28,31,33-36,38-40,42-46,64,66-68,76-77,89-90H,7,9-11,14,21-25,29-30,32,37,41,47-63,65,69-72H2,1-6H3,(H12-2,110,111,112,113,114,115,116,117,118,119,127,128,129,130,131,132,133,134,135,136,140)/p+1/t77-,89+,90+/m1/s1. The molecule has 141 heavy (non-hydrogen) atoms. The predicted molar refractivity (Wildman–Crippen MR) is 552 cm³/mol. The fraction of sp³-hybridized carbons (Fsp3) is 0.450. The van der Waals surface area contributed by atoms with Crippen LogP contribution >= 0.6 is 12.6 Å². The van der Waals surface area contributed by atoms with Crippen molar-refractivity contribution in [1.29, 1.82) is 5.41 Å². The number of hydrogen-bond acceptors (Lipinski definition) is 20. The number of hydrogen-bond donors (Lipinski definition) is 11. The molecular formula is C109H138N15O15S2+. The van der Waals surface area contributed by atoms with Crippen LogP contribution in [0.5, 0.6) is 0 Å². The number of unbranched alkanes of at least 4 members (excludes halogenated alkanes) is 5. The summed E-state index contributed by atoms with van der Waals surface area (Å²) < 4.78 is 59.6. The Kier molecular flexibility index (Phi) is 37.7. The van der Waals surface area contributed by atoms with E-state index in [1.165, 1.54) is 62.7 Å². The first kappa shape index (κ1) is 106. The van der Waals surface area contributed by atoms with E-state index in [0.717, 1.165) is 114 Å². The maximum absolute atomic E-state index is 14.4. The minimum absolute atomic E-state index is 0.000146. The van der Waals surface area contributed by atoms with E-state index in [1.807, 2.05) is 38.2 Å². The molecule has 7 amide bonds. The minimum Gasteiger partial charge on any atom is -0.744 e. The SMILES string of the molecule is CC[N+]1=C(/C=C/C=C/C=C2/N(CCCCCC(=O)NCCCC[C@H](NC(=O)[C@H](CCCNC(=N)N)CC(=O)CNC(=O)CCC(=O)CCCCCNC(=O)C3CCN(Cc4ccccc4-c4c5ccc(=[N+]6CCc7ccccc76)cc-5oc5cc(N6CCc7ccccc76)ccc45)CC3)C(=O)NCCOCCOCC(=O)N[C@@H](CS)C(N)=O)c3ccc(S(=O)(=O)[O-])cc3C2(C)C)C(C)(C)c2cc(C)ccc21. The summed E-state index contributed by atoms with van der Waals surface area (Å²) in [5.41, 5.74) is 28.9. The number of likely N-dealkylation sites (tertiary alicyclic amines) is 1. The van der Waals surface area contributed by atoms with E-state index < -0.39 is 75.4 Å². The summed E-state index contributed by atoms with van der Waals surface area (Å²) in [7, 11) is -4.74. The van der Waals surface area contributed by atoms with Crippen molar-refractivity contribution in [2.24, 2.45) is 23.3 Å². The van der Waals surface area contributed by atoms with Gasteiger partial charge in [0.2, 0.25) is 58.1 Å². The Morgan fingerprint density at radius 1 is 0.624 bits per heavy atom. The van der Waals surface area contributed by atoms with E-state index in [2.05, 4.69) is 235 Å². The largest absolute Gasteiger partial charge is 0.744 e. The molecular weight excluding hydrogens is 1820 g/mol. The van der Waals surface area contributed by atoms with E-state index in [9.17, 15) is 56.1 Å². The van der Waals surface area contributed by atoms with Crippen molar-refractivity contribution in [3.63, 3.8) is 0 Å². The van der Waals surface area contributed by atoms with Crippen LogP contribution in [0.15, 0.2) is 191 Å². The van der Waals surface area contributed by atoms with Gasteiger partial charge in [-0.1, -0.05) is 117 Å². The Labute approximate surface area is 832 Å². The number of carbonyl (C=O) groups is 9. The lowest BCUT2D eigenvalue weighted by atomic mass is 9.81. The van der Waals surface area contributed by atoms with Gasteiger partial charge in [-0.15, -0.1) is 0 Å². The third-order valence-corrected chi connectivity index (χ3v) is 28.8. The summed E-state index contributed by atoms with van der Waals surface area (Å²) in [6.45, 7) is 18.3. The minimum atomic E-state index is -4.74. The Morgan fingerprint density at radius 2 is 1.36 bits per heavy atom. The molecule has 7 aliphatic rings. The fourth-order valence-electron chi connectivity index (χ4n) is 19.9. The second-order valence-corrected chi connectivity index (χ2v) is 40.0. The average molecular weight is 1960 g/mol. The number of nitrogens with zero attached hydrogens (tertiary/aromatic N) is 5. The van der Waals surface area contributed by atoms with Gasteiger partial charge < -0.3 is 76.9 Å². The maximum atomic E-state index is 14.4. The Morgan fingerprint density at radius 3 is 2.15 bits per heavy atom. The summed E-state index contributed by atoms with van der Waals surface area (Å²) in [6.07, 6.45) is 18.8. The number of nitrogens with one attached hydrogen (secondary N) is 8. The number of Topliss-reactive ketones (excluding diaryl/α,β-unsaturated/α-hetero) is 2. The Bertz CT molecular complexity index is 6170. The molecule has 6 aromatic rings. The zero-order valence-corrected chi connectivity index (χ0v) is 83.8. The van der Waals surface area contributed by atoms with Gasteiger partial charge in [-0.2, -0.15) is 21.8 Å². The Hall–Kier alpha value is -12.5. The highest BCUT2D eigenvalue weighted by Crippen LogP contribution is 2.50. The first-order chi connectivity index (χ1) is 67.9. The molecule has 0 saturated carbocycles. The van der Waals surface area contributed by atoms with E-state index in [-0.39, 0.29) is 137 Å². The molecule has 3 atom stereocenters. The number of ketones is 2. The van der Waals surface area contributed by atoms with Crippen molar-refractivity contribution >= 4 is 127 Å². The number of aryl methyl sites for hydroxylation is 1. The summed E-state index contributed by atoms with van der Waals surface area (Å²) in [5.74, 6) is -4.28. The highest BCUT2D eigenvalue weighted by atomic mass is 32.2. The van der Waals surface area contributed by atoms with Crippen molar-refractivity contribution in [3.05, 3.63) is 220 Å². The molecule has 1 saturated heterocycles. The number of piperidine rings is 1. The lowest BCUT2D eigenvalue weighted by Crippen LogP contribution is -2.49. The number of rotatable bonds is 52. The van der Waals surface area contributed by atoms with Crippen LogP contribution in [-0.4, -0.2) is 203 Å². The quantitative estimate of drug-likeness (QED) is 0.00246. The number of thiol groups is 1. The molecule has 0 aromatic heterocycles. The second-order valence-electron chi connectivity index (χ2n) is 38.3. The van der Waals surface area contributed by atoms with Crippen LogP contribution in [0, 0.1) is 24.2 Å². The lowest BCUT2D eigenvalue weighted by molar-refractivity contribution is -0.433. The molecule has 1 aliphatic carbocycles. The number of anilines is 3. The molecule has 750 valence electrons. The van der Waals surface area contributed by atoms with Crippen LogP contribution in [0.4, 0.5) is 28.4 Å².